The fourth-order valence-corrected chi connectivity index (χ4v) is 1.68. The molecule has 0 bridgehead atoms. The Kier molecular flexibility index (Phi) is 4.68. The number of anilines is 2. The monoisotopic (exact) mass is 300 g/mol. The number of benzene rings is 1. The van der Waals surface area contributed by atoms with Crippen molar-refractivity contribution in [3.8, 4) is 23.6 Å². The topological polar surface area (TPSA) is 116 Å². The van der Waals surface area contributed by atoms with E-state index in [1.54, 1.807) is 31.2 Å². The number of ether oxygens (including phenoxy) is 3. The summed E-state index contributed by atoms with van der Waals surface area (Å²) in [5.74, 6) is 0.961. The number of nitrogens with zero attached hydrogens (tertiary/aromatic N) is 2. The summed E-state index contributed by atoms with van der Waals surface area (Å²) < 4.78 is 15.3. The minimum absolute atomic E-state index is 0.0785. The number of carbonyl (C=O) groups excluding carboxylic acids is 1. The Balaban J connectivity index is 2.30. The molecule has 22 heavy (non-hydrogen) atoms. The molecule has 0 spiro atoms. The van der Waals surface area contributed by atoms with Crippen molar-refractivity contribution < 1.29 is 19.0 Å². The summed E-state index contributed by atoms with van der Waals surface area (Å²) in [7, 11) is 0. The van der Waals surface area contributed by atoms with E-state index in [4.69, 9.17) is 24.7 Å². The summed E-state index contributed by atoms with van der Waals surface area (Å²) in [6.45, 7) is 1.99. The molecule has 0 saturated heterocycles. The Labute approximate surface area is 126 Å². The summed E-state index contributed by atoms with van der Waals surface area (Å²) in [5, 5.41) is 22.8. The van der Waals surface area contributed by atoms with E-state index in [0.717, 1.165) is 0 Å². The maximum absolute atomic E-state index is 11.6. The third-order valence-corrected chi connectivity index (χ3v) is 2.64. The van der Waals surface area contributed by atoms with Gasteiger partial charge in [-0.1, -0.05) is 0 Å². The highest BCUT2D eigenvalue weighted by molar-refractivity contribution is 5.91. The zero-order valence-corrected chi connectivity index (χ0v) is 11.7. The third kappa shape index (κ3) is 3.38. The highest BCUT2D eigenvalue weighted by Crippen LogP contribution is 2.39. The highest BCUT2D eigenvalue weighted by atomic mass is 16.7. The van der Waals surface area contributed by atoms with Gasteiger partial charge in [-0.3, -0.25) is 5.32 Å². The zero-order chi connectivity index (χ0) is 15.9. The van der Waals surface area contributed by atoms with E-state index in [1.807, 2.05) is 0 Å². The van der Waals surface area contributed by atoms with Crippen LogP contribution in [0.4, 0.5) is 16.2 Å². The maximum atomic E-state index is 11.6. The van der Waals surface area contributed by atoms with Crippen LogP contribution in [0.5, 0.6) is 11.5 Å². The number of nitrogens with one attached hydrogen (secondary N) is 2. The molecular weight excluding hydrogens is 288 g/mol. The molecule has 0 fully saturated rings. The van der Waals surface area contributed by atoms with Crippen LogP contribution in [0.3, 0.4) is 0 Å². The Morgan fingerprint density at radius 3 is 2.55 bits per heavy atom. The van der Waals surface area contributed by atoms with E-state index in [2.05, 4.69) is 10.6 Å². The number of nitriles is 2. The minimum Gasteiger partial charge on any atom is -0.454 e. The number of allylic oxidation sites excluding steroid dienone is 1. The standard InChI is InChI=1S/C14H12N4O4/c1-2-20-14(19)18-11-4-13-12(21-8-22-13)3-10(11)17-7-9(5-15)6-16/h3-4,7,17H,2,8H2,1H3,(H,18,19). The molecule has 1 heterocycles. The Hall–Kier alpha value is -3.39. The molecule has 0 aliphatic carbocycles. The molecule has 0 aromatic heterocycles. The van der Waals surface area contributed by atoms with Gasteiger partial charge >= 0.3 is 6.09 Å². The summed E-state index contributed by atoms with van der Waals surface area (Å²) in [5.41, 5.74) is 0.689. The van der Waals surface area contributed by atoms with Crippen molar-refractivity contribution in [2.75, 3.05) is 24.0 Å². The number of hydrogen-bond donors (Lipinski definition) is 2. The van der Waals surface area contributed by atoms with Crippen LogP contribution in [0.25, 0.3) is 0 Å². The van der Waals surface area contributed by atoms with Crippen molar-refractivity contribution in [1.29, 1.82) is 10.5 Å². The lowest BCUT2D eigenvalue weighted by Crippen LogP contribution is -2.14. The van der Waals surface area contributed by atoms with Gasteiger partial charge < -0.3 is 19.5 Å². The molecule has 1 aliphatic heterocycles. The van der Waals surface area contributed by atoms with Crippen molar-refractivity contribution in [3.63, 3.8) is 0 Å². The average molecular weight is 300 g/mol. The molecular formula is C14H12N4O4. The van der Waals surface area contributed by atoms with E-state index in [0.29, 0.717) is 22.9 Å². The number of amides is 1. The van der Waals surface area contributed by atoms with Gasteiger partial charge in [0, 0.05) is 18.3 Å². The molecule has 1 aliphatic rings. The number of carbonyl (C=O) groups is 1. The van der Waals surface area contributed by atoms with Crippen LogP contribution in [0.2, 0.25) is 0 Å². The Bertz CT molecular complexity index is 684. The fourth-order valence-electron chi connectivity index (χ4n) is 1.68. The van der Waals surface area contributed by atoms with Gasteiger partial charge in [0.05, 0.1) is 18.0 Å². The van der Waals surface area contributed by atoms with Crippen molar-refractivity contribution in [2.45, 2.75) is 6.92 Å². The second-order valence-electron chi connectivity index (χ2n) is 4.02. The Morgan fingerprint density at radius 1 is 1.32 bits per heavy atom. The van der Waals surface area contributed by atoms with Crippen LogP contribution in [-0.4, -0.2) is 19.5 Å². The molecule has 0 atom stereocenters. The lowest BCUT2D eigenvalue weighted by molar-refractivity contribution is 0.168. The second-order valence-corrected chi connectivity index (χ2v) is 4.02. The molecule has 2 rings (SSSR count). The van der Waals surface area contributed by atoms with Gasteiger partial charge in [0.2, 0.25) is 6.79 Å². The van der Waals surface area contributed by atoms with Crippen LogP contribution >= 0.6 is 0 Å². The van der Waals surface area contributed by atoms with Crippen LogP contribution in [0, 0.1) is 22.7 Å². The molecule has 1 amide bonds. The van der Waals surface area contributed by atoms with Gasteiger partial charge in [-0.05, 0) is 6.92 Å². The van der Waals surface area contributed by atoms with E-state index in [1.165, 1.54) is 6.20 Å². The number of rotatable bonds is 4. The highest BCUT2D eigenvalue weighted by Gasteiger charge is 2.18. The van der Waals surface area contributed by atoms with Crippen molar-refractivity contribution in [1.82, 2.24) is 0 Å². The molecule has 8 nitrogen and oxygen atoms in total. The van der Waals surface area contributed by atoms with Crippen molar-refractivity contribution in [2.24, 2.45) is 0 Å². The van der Waals surface area contributed by atoms with E-state index in [9.17, 15) is 4.79 Å². The average Bonchev–Trinajstić information content (AvgIpc) is 2.95. The van der Waals surface area contributed by atoms with Gasteiger partial charge in [-0.2, -0.15) is 10.5 Å². The predicted molar refractivity (Wildman–Crippen MR) is 76.1 cm³/mol. The SMILES string of the molecule is CCOC(=O)Nc1cc2c(cc1NC=C(C#N)C#N)OCO2. The van der Waals surface area contributed by atoms with Crippen LogP contribution in [0.1, 0.15) is 6.92 Å². The number of fused-ring (bicyclic) bond motifs is 1. The van der Waals surface area contributed by atoms with Gasteiger partial charge in [0.1, 0.15) is 17.7 Å². The summed E-state index contributed by atoms with van der Waals surface area (Å²) in [6, 6.07) is 6.60. The Morgan fingerprint density at radius 2 is 1.95 bits per heavy atom. The summed E-state index contributed by atoms with van der Waals surface area (Å²) in [4.78, 5) is 11.6. The molecule has 112 valence electrons. The predicted octanol–water partition coefficient (Wildman–Crippen LogP) is 2.33. The molecule has 1 aromatic carbocycles. The second kappa shape index (κ2) is 6.86. The van der Waals surface area contributed by atoms with Crippen molar-refractivity contribution >= 4 is 17.5 Å². The number of hydrogen-bond acceptors (Lipinski definition) is 7. The van der Waals surface area contributed by atoms with Crippen LogP contribution in [-0.2, 0) is 4.74 Å². The first-order chi connectivity index (χ1) is 10.7. The quantitative estimate of drug-likeness (QED) is 0.819. The van der Waals surface area contributed by atoms with Gasteiger partial charge in [0.15, 0.2) is 11.5 Å². The summed E-state index contributed by atoms with van der Waals surface area (Å²) in [6.07, 6.45) is 0.600. The normalized spacial score (nSPS) is 10.9. The first kappa shape index (κ1) is 15.0. The molecule has 8 heteroatoms. The van der Waals surface area contributed by atoms with E-state index < -0.39 is 6.09 Å². The van der Waals surface area contributed by atoms with Gasteiger partial charge in [-0.25, -0.2) is 4.79 Å². The minimum atomic E-state index is -0.630. The van der Waals surface area contributed by atoms with Crippen LogP contribution < -0.4 is 20.1 Å². The lowest BCUT2D eigenvalue weighted by atomic mass is 10.2. The molecule has 1 aromatic rings. The first-order valence-electron chi connectivity index (χ1n) is 6.32. The third-order valence-electron chi connectivity index (χ3n) is 2.64. The molecule has 0 saturated carbocycles. The fraction of sp³-hybridized carbons (Fsp3) is 0.214. The molecule has 0 radical (unpaired) electrons. The van der Waals surface area contributed by atoms with Crippen LogP contribution in [0.15, 0.2) is 23.9 Å². The van der Waals surface area contributed by atoms with Gasteiger partial charge in [0.25, 0.3) is 0 Å². The van der Waals surface area contributed by atoms with E-state index in [-0.39, 0.29) is 19.0 Å². The molecule has 0 unspecified atom stereocenters. The smallest absolute Gasteiger partial charge is 0.411 e. The van der Waals surface area contributed by atoms with E-state index >= 15 is 0 Å². The molecule has 2 N–H and O–H groups in total. The van der Waals surface area contributed by atoms with Crippen molar-refractivity contribution in [3.05, 3.63) is 23.9 Å². The van der Waals surface area contributed by atoms with Gasteiger partial charge in [-0.15, -0.1) is 0 Å². The lowest BCUT2D eigenvalue weighted by Gasteiger charge is -2.12. The first-order valence-corrected chi connectivity index (χ1v) is 6.32. The summed E-state index contributed by atoms with van der Waals surface area (Å²) >= 11 is 0. The zero-order valence-electron chi connectivity index (χ0n) is 11.7. The maximum Gasteiger partial charge on any atom is 0.411 e. The largest absolute Gasteiger partial charge is 0.454 e.